The van der Waals surface area contributed by atoms with Crippen LogP contribution in [0.2, 0.25) is 0 Å². The molecular weight excluding hydrogens is 266 g/mol. The maximum Gasteiger partial charge on any atom is 0.269 e. The second kappa shape index (κ2) is 6.35. The van der Waals surface area contributed by atoms with E-state index in [4.69, 9.17) is 0 Å². The number of hydrogen-bond donors (Lipinski definition) is 0. The number of aryl methyl sites for hydroxylation is 1. The van der Waals surface area contributed by atoms with Gasteiger partial charge in [0.25, 0.3) is 5.56 Å². The van der Waals surface area contributed by atoms with Gasteiger partial charge in [0.1, 0.15) is 6.54 Å². The zero-order valence-electron chi connectivity index (χ0n) is 12.5. The van der Waals surface area contributed by atoms with Crippen LogP contribution in [0.3, 0.4) is 0 Å². The lowest BCUT2D eigenvalue weighted by atomic mass is 10.1. The molecule has 110 valence electrons. The summed E-state index contributed by atoms with van der Waals surface area (Å²) < 4.78 is 1.20. The summed E-state index contributed by atoms with van der Waals surface area (Å²) in [6.07, 6.45) is 1.61. The van der Waals surface area contributed by atoms with Gasteiger partial charge in [0, 0.05) is 25.2 Å². The average Bonchev–Trinajstić information content (AvgIpc) is 2.48. The Kier molecular flexibility index (Phi) is 4.52. The number of aromatic nitrogens is 2. The van der Waals surface area contributed by atoms with Crippen molar-refractivity contribution >= 4 is 11.5 Å². The van der Waals surface area contributed by atoms with Gasteiger partial charge in [-0.1, -0.05) is 24.3 Å². The Morgan fingerprint density at radius 1 is 1.33 bits per heavy atom. The zero-order valence-corrected chi connectivity index (χ0v) is 12.5. The van der Waals surface area contributed by atoms with Crippen LogP contribution in [0.15, 0.2) is 41.3 Å². The van der Waals surface area contributed by atoms with E-state index in [0.29, 0.717) is 5.56 Å². The second-order valence-electron chi connectivity index (χ2n) is 4.96. The molecule has 2 rings (SSSR count). The number of hydrogen-bond acceptors (Lipinski definition) is 4. The fraction of sp³-hybridized carbons (Fsp3) is 0.312. The minimum Gasteiger partial charge on any atom is -0.373 e. The summed E-state index contributed by atoms with van der Waals surface area (Å²) in [4.78, 5) is 26.2. The molecule has 1 aromatic carbocycles. The highest BCUT2D eigenvalue weighted by Gasteiger charge is 2.11. The Bertz CT molecular complexity index is 707. The third-order valence-corrected chi connectivity index (χ3v) is 3.51. The van der Waals surface area contributed by atoms with E-state index in [1.165, 1.54) is 10.7 Å². The van der Waals surface area contributed by atoms with Crippen LogP contribution >= 0.6 is 0 Å². The molecule has 0 spiro atoms. The molecule has 0 aliphatic heterocycles. The molecule has 1 aromatic heterocycles. The van der Waals surface area contributed by atoms with E-state index in [2.05, 4.69) is 5.10 Å². The number of nitrogens with zero attached hydrogens (tertiary/aromatic N) is 3. The molecule has 0 saturated heterocycles. The Morgan fingerprint density at radius 2 is 2.05 bits per heavy atom. The molecule has 2 aromatic rings. The predicted octanol–water partition coefficient (Wildman–Crippen LogP) is 1.89. The van der Waals surface area contributed by atoms with Crippen LogP contribution in [0.25, 0.3) is 0 Å². The van der Waals surface area contributed by atoms with Crippen LogP contribution in [-0.2, 0) is 6.54 Å². The van der Waals surface area contributed by atoms with Gasteiger partial charge < -0.3 is 4.90 Å². The highest BCUT2D eigenvalue weighted by molar-refractivity contribution is 5.97. The van der Waals surface area contributed by atoms with E-state index in [1.54, 1.807) is 12.3 Å². The summed E-state index contributed by atoms with van der Waals surface area (Å²) in [7, 11) is 1.89. The molecule has 0 amide bonds. The number of ketones is 1. The maximum absolute atomic E-state index is 12.3. The van der Waals surface area contributed by atoms with E-state index in [9.17, 15) is 9.59 Å². The van der Waals surface area contributed by atoms with Gasteiger partial charge in [-0.05, 0) is 19.4 Å². The number of anilines is 1. The van der Waals surface area contributed by atoms with Crippen molar-refractivity contribution in [3.63, 3.8) is 0 Å². The molecule has 0 aliphatic carbocycles. The Balaban J connectivity index is 2.23. The molecule has 0 bridgehead atoms. The molecule has 5 heteroatoms. The van der Waals surface area contributed by atoms with E-state index in [1.807, 2.05) is 44.0 Å². The van der Waals surface area contributed by atoms with Gasteiger partial charge in [-0.15, -0.1) is 0 Å². The smallest absolute Gasteiger partial charge is 0.269 e. The molecule has 0 N–H and O–H groups in total. The van der Waals surface area contributed by atoms with Gasteiger partial charge in [0.15, 0.2) is 5.78 Å². The molecule has 0 unspecified atom stereocenters. The van der Waals surface area contributed by atoms with Crippen LogP contribution in [-0.4, -0.2) is 29.2 Å². The van der Waals surface area contributed by atoms with Crippen LogP contribution in [0, 0.1) is 6.92 Å². The SMILES string of the molecule is CCN(C)c1cnn(CC(=O)c2ccccc2C)c(=O)c1. The lowest BCUT2D eigenvalue weighted by molar-refractivity contribution is 0.0965. The lowest BCUT2D eigenvalue weighted by Gasteiger charge is -2.16. The molecule has 0 atom stereocenters. The van der Waals surface area contributed by atoms with Crippen molar-refractivity contribution in [2.24, 2.45) is 0 Å². The third-order valence-electron chi connectivity index (χ3n) is 3.51. The predicted molar refractivity (Wildman–Crippen MR) is 83.0 cm³/mol. The summed E-state index contributed by atoms with van der Waals surface area (Å²) in [6.45, 7) is 4.61. The van der Waals surface area contributed by atoms with Crippen LogP contribution in [0.5, 0.6) is 0 Å². The van der Waals surface area contributed by atoms with Gasteiger partial charge in [-0.25, -0.2) is 4.68 Å². The van der Waals surface area contributed by atoms with Crippen molar-refractivity contribution < 1.29 is 4.79 Å². The van der Waals surface area contributed by atoms with E-state index in [0.717, 1.165) is 17.8 Å². The molecule has 21 heavy (non-hydrogen) atoms. The van der Waals surface area contributed by atoms with Crippen molar-refractivity contribution in [3.8, 4) is 0 Å². The fourth-order valence-electron chi connectivity index (χ4n) is 2.04. The normalized spacial score (nSPS) is 10.4. The summed E-state index contributed by atoms with van der Waals surface area (Å²) in [6, 6.07) is 8.84. The summed E-state index contributed by atoms with van der Waals surface area (Å²) >= 11 is 0. The Labute approximate surface area is 123 Å². The molecular formula is C16H19N3O2. The molecule has 5 nitrogen and oxygen atoms in total. The molecule has 0 saturated carbocycles. The Morgan fingerprint density at radius 3 is 2.67 bits per heavy atom. The van der Waals surface area contributed by atoms with E-state index >= 15 is 0 Å². The zero-order chi connectivity index (χ0) is 15.4. The third kappa shape index (κ3) is 3.37. The summed E-state index contributed by atoms with van der Waals surface area (Å²) in [5.41, 5.74) is 2.01. The molecule has 1 heterocycles. The van der Waals surface area contributed by atoms with Crippen molar-refractivity contribution in [2.45, 2.75) is 20.4 Å². The lowest BCUT2D eigenvalue weighted by Crippen LogP contribution is -2.28. The number of benzene rings is 1. The number of carbonyl (C=O) groups excluding carboxylic acids is 1. The van der Waals surface area contributed by atoms with Gasteiger partial charge in [-0.3, -0.25) is 9.59 Å². The largest absolute Gasteiger partial charge is 0.373 e. The van der Waals surface area contributed by atoms with E-state index in [-0.39, 0.29) is 17.9 Å². The molecule has 0 radical (unpaired) electrons. The van der Waals surface area contributed by atoms with Gasteiger partial charge in [-0.2, -0.15) is 5.10 Å². The molecule has 0 aliphatic rings. The molecule has 0 fully saturated rings. The van der Waals surface area contributed by atoms with Crippen molar-refractivity contribution in [2.75, 3.05) is 18.5 Å². The number of rotatable bonds is 5. The number of Topliss-reactive ketones (excluding diaryl/α,β-unsaturated/α-hetero) is 1. The average molecular weight is 285 g/mol. The quantitative estimate of drug-likeness (QED) is 0.787. The first kappa shape index (κ1) is 15.0. The minimum atomic E-state index is -0.269. The standard InChI is InChI=1S/C16H19N3O2/c1-4-18(3)13-9-16(21)19(17-10-13)11-15(20)14-8-6-5-7-12(14)2/h5-10H,4,11H2,1-3H3. The highest BCUT2D eigenvalue weighted by Crippen LogP contribution is 2.09. The first-order valence-corrected chi connectivity index (χ1v) is 6.90. The topological polar surface area (TPSA) is 55.2 Å². The minimum absolute atomic E-state index is 0.0419. The first-order chi connectivity index (χ1) is 10.0. The van der Waals surface area contributed by atoms with Gasteiger partial charge in [0.2, 0.25) is 0 Å². The summed E-state index contributed by atoms with van der Waals surface area (Å²) in [5, 5.41) is 4.08. The highest BCUT2D eigenvalue weighted by atomic mass is 16.1. The van der Waals surface area contributed by atoms with Gasteiger partial charge >= 0.3 is 0 Å². The van der Waals surface area contributed by atoms with Crippen LogP contribution < -0.4 is 10.5 Å². The van der Waals surface area contributed by atoms with Crippen molar-refractivity contribution in [1.29, 1.82) is 0 Å². The second-order valence-corrected chi connectivity index (χ2v) is 4.96. The van der Waals surface area contributed by atoms with Crippen LogP contribution in [0.1, 0.15) is 22.8 Å². The van der Waals surface area contributed by atoms with Crippen molar-refractivity contribution in [3.05, 3.63) is 58.0 Å². The Hall–Kier alpha value is -2.43. The maximum atomic E-state index is 12.3. The fourth-order valence-corrected chi connectivity index (χ4v) is 2.04. The number of carbonyl (C=O) groups is 1. The summed E-state index contributed by atoms with van der Waals surface area (Å²) in [5.74, 6) is -0.112. The first-order valence-electron chi connectivity index (χ1n) is 6.90. The van der Waals surface area contributed by atoms with E-state index < -0.39 is 0 Å². The van der Waals surface area contributed by atoms with Gasteiger partial charge in [0.05, 0.1) is 11.9 Å². The monoisotopic (exact) mass is 285 g/mol. The van der Waals surface area contributed by atoms with Crippen molar-refractivity contribution in [1.82, 2.24) is 9.78 Å². The van der Waals surface area contributed by atoms with Crippen LogP contribution in [0.4, 0.5) is 5.69 Å².